The van der Waals surface area contributed by atoms with Crippen LogP contribution < -0.4 is 21.1 Å². The molecule has 0 heterocycles. The van der Waals surface area contributed by atoms with Gasteiger partial charge in [-0.15, -0.1) is 0 Å². The maximum atomic E-state index is 13.3. The average molecular weight is 255 g/mol. The minimum atomic E-state index is -0.535. The van der Waals surface area contributed by atoms with Crippen LogP contribution in [-0.2, 0) is 4.79 Å². The van der Waals surface area contributed by atoms with E-state index in [1.807, 2.05) is 13.8 Å². The van der Waals surface area contributed by atoms with Crippen molar-refractivity contribution in [2.75, 3.05) is 24.7 Å². The predicted molar refractivity (Wildman–Crippen MR) is 69.1 cm³/mol. The third-order valence-corrected chi connectivity index (χ3v) is 2.21. The second-order valence-corrected chi connectivity index (χ2v) is 4.15. The first kappa shape index (κ1) is 14.1. The average Bonchev–Trinajstić information content (AvgIpc) is 2.27. The zero-order valence-corrected chi connectivity index (χ0v) is 10.7. The molecule has 0 radical (unpaired) electrons. The molecule has 0 aliphatic carbocycles. The number of anilines is 2. The molecule has 0 spiro atoms. The van der Waals surface area contributed by atoms with Crippen molar-refractivity contribution in [3.63, 3.8) is 0 Å². The van der Waals surface area contributed by atoms with Crippen LogP contribution in [0, 0.1) is 5.82 Å². The smallest absolute Gasteiger partial charge is 0.239 e. The summed E-state index contributed by atoms with van der Waals surface area (Å²) >= 11 is 0. The maximum absolute atomic E-state index is 13.3. The molecule has 5 nitrogen and oxygen atoms in total. The van der Waals surface area contributed by atoms with E-state index in [-0.39, 0.29) is 29.9 Å². The van der Waals surface area contributed by atoms with E-state index in [1.165, 1.54) is 13.2 Å². The van der Waals surface area contributed by atoms with Crippen molar-refractivity contribution in [3.05, 3.63) is 17.9 Å². The minimum absolute atomic E-state index is 0.0666. The van der Waals surface area contributed by atoms with Crippen molar-refractivity contribution in [1.82, 2.24) is 5.32 Å². The molecular weight excluding hydrogens is 237 g/mol. The second-order valence-electron chi connectivity index (χ2n) is 4.15. The summed E-state index contributed by atoms with van der Waals surface area (Å²) in [5.74, 6) is -0.615. The number of hydrogen-bond donors (Lipinski definition) is 3. The number of rotatable bonds is 5. The minimum Gasteiger partial charge on any atom is -0.494 e. The van der Waals surface area contributed by atoms with E-state index >= 15 is 0 Å². The number of nitrogens with one attached hydrogen (secondary N) is 2. The van der Waals surface area contributed by atoms with Crippen LogP contribution >= 0.6 is 0 Å². The van der Waals surface area contributed by atoms with Gasteiger partial charge in [-0.1, -0.05) is 0 Å². The third-order valence-electron chi connectivity index (χ3n) is 2.21. The van der Waals surface area contributed by atoms with Crippen molar-refractivity contribution in [3.8, 4) is 5.75 Å². The molecule has 1 rings (SSSR count). The zero-order valence-electron chi connectivity index (χ0n) is 10.7. The summed E-state index contributed by atoms with van der Waals surface area (Å²) in [5, 5.41) is 5.56. The molecule has 6 heteroatoms. The molecule has 0 bridgehead atoms. The Morgan fingerprint density at radius 3 is 2.72 bits per heavy atom. The normalized spacial score (nSPS) is 10.3. The van der Waals surface area contributed by atoms with Gasteiger partial charge in [0.2, 0.25) is 5.91 Å². The molecule has 0 saturated heterocycles. The van der Waals surface area contributed by atoms with Crippen LogP contribution in [0.2, 0.25) is 0 Å². The Morgan fingerprint density at radius 2 is 2.17 bits per heavy atom. The van der Waals surface area contributed by atoms with Crippen molar-refractivity contribution in [1.29, 1.82) is 0 Å². The van der Waals surface area contributed by atoms with Crippen LogP contribution in [0.15, 0.2) is 12.1 Å². The Kier molecular flexibility index (Phi) is 4.76. The molecule has 4 N–H and O–H groups in total. The summed E-state index contributed by atoms with van der Waals surface area (Å²) in [6, 6.07) is 2.65. The molecule has 0 aliphatic heterocycles. The Balaban J connectivity index is 2.70. The molecule has 18 heavy (non-hydrogen) atoms. The van der Waals surface area contributed by atoms with Crippen LogP contribution in [0.4, 0.5) is 15.8 Å². The van der Waals surface area contributed by atoms with Gasteiger partial charge in [0.05, 0.1) is 25.0 Å². The molecule has 0 saturated carbocycles. The molecule has 0 aromatic heterocycles. The predicted octanol–water partition coefficient (Wildman–Crippen LogP) is 1.35. The number of carbonyl (C=O) groups is 1. The van der Waals surface area contributed by atoms with E-state index in [1.54, 1.807) is 0 Å². The number of benzene rings is 1. The molecule has 0 atom stereocenters. The molecule has 100 valence electrons. The van der Waals surface area contributed by atoms with Gasteiger partial charge in [-0.2, -0.15) is 0 Å². The first-order valence-electron chi connectivity index (χ1n) is 5.60. The summed E-state index contributed by atoms with van der Waals surface area (Å²) in [5.41, 5.74) is 6.34. The molecule has 0 unspecified atom stereocenters. The number of hydrogen-bond acceptors (Lipinski definition) is 4. The number of amides is 1. The maximum Gasteiger partial charge on any atom is 0.239 e. The number of nitrogens with two attached hydrogens (primary N) is 1. The van der Waals surface area contributed by atoms with Crippen LogP contribution in [0.1, 0.15) is 13.8 Å². The van der Waals surface area contributed by atoms with Crippen LogP contribution in [0.3, 0.4) is 0 Å². The zero-order chi connectivity index (χ0) is 13.7. The van der Waals surface area contributed by atoms with Crippen LogP contribution in [-0.4, -0.2) is 25.6 Å². The van der Waals surface area contributed by atoms with E-state index in [9.17, 15) is 9.18 Å². The fourth-order valence-corrected chi connectivity index (χ4v) is 1.43. The summed E-state index contributed by atoms with van der Waals surface area (Å²) in [4.78, 5) is 11.4. The first-order valence-corrected chi connectivity index (χ1v) is 5.60. The lowest BCUT2D eigenvalue weighted by molar-refractivity contribution is -0.119. The summed E-state index contributed by atoms with van der Waals surface area (Å²) in [6.45, 7) is 3.80. The van der Waals surface area contributed by atoms with Gasteiger partial charge in [-0.05, 0) is 13.8 Å². The Labute approximate surface area is 106 Å². The lowest BCUT2D eigenvalue weighted by atomic mass is 10.2. The highest BCUT2D eigenvalue weighted by atomic mass is 19.1. The van der Waals surface area contributed by atoms with Crippen molar-refractivity contribution in [2.24, 2.45) is 0 Å². The summed E-state index contributed by atoms with van der Waals surface area (Å²) in [7, 11) is 1.36. The standard InChI is InChI=1S/C12H18FN3O2/c1-7(2)16-12(17)6-15-10-5-11(18-3)8(13)4-9(10)14/h4-5,7,15H,6,14H2,1-3H3,(H,16,17). The fraction of sp³-hybridized carbons (Fsp3) is 0.417. The van der Waals surface area contributed by atoms with Gasteiger partial charge in [0, 0.05) is 18.2 Å². The van der Waals surface area contributed by atoms with Crippen molar-refractivity contribution in [2.45, 2.75) is 19.9 Å². The molecule has 1 aromatic carbocycles. The van der Waals surface area contributed by atoms with Crippen molar-refractivity contribution < 1.29 is 13.9 Å². The van der Waals surface area contributed by atoms with Gasteiger partial charge in [0.25, 0.3) is 0 Å². The SMILES string of the molecule is COc1cc(NCC(=O)NC(C)C)c(N)cc1F. The Bertz CT molecular complexity index is 436. The topological polar surface area (TPSA) is 76.4 Å². The van der Waals surface area contributed by atoms with Gasteiger partial charge >= 0.3 is 0 Å². The van der Waals surface area contributed by atoms with Gasteiger partial charge in [-0.25, -0.2) is 4.39 Å². The van der Waals surface area contributed by atoms with Crippen LogP contribution in [0.5, 0.6) is 5.75 Å². The summed E-state index contributed by atoms with van der Waals surface area (Å²) in [6.07, 6.45) is 0. The molecule has 1 aromatic rings. The van der Waals surface area contributed by atoms with E-state index in [2.05, 4.69) is 10.6 Å². The van der Waals surface area contributed by atoms with Gasteiger partial charge in [-0.3, -0.25) is 4.79 Å². The van der Waals surface area contributed by atoms with E-state index in [4.69, 9.17) is 10.5 Å². The number of ether oxygens (including phenoxy) is 1. The van der Waals surface area contributed by atoms with Gasteiger partial charge < -0.3 is 21.1 Å². The fourth-order valence-electron chi connectivity index (χ4n) is 1.43. The Hall–Kier alpha value is -1.98. The van der Waals surface area contributed by atoms with Gasteiger partial charge in [0.15, 0.2) is 11.6 Å². The highest BCUT2D eigenvalue weighted by Gasteiger charge is 2.09. The van der Waals surface area contributed by atoms with E-state index in [0.29, 0.717) is 5.69 Å². The lowest BCUT2D eigenvalue weighted by Gasteiger charge is -2.13. The quantitative estimate of drug-likeness (QED) is 0.694. The Morgan fingerprint density at radius 1 is 1.50 bits per heavy atom. The number of halogens is 1. The monoisotopic (exact) mass is 255 g/mol. The first-order chi connectivity index (χ1) is 8.43. The summed E-state index contributed by atoms with van der Waals surface area (Å²) < 4.78 is 18.1. The highest BCUT2D eigenvalue weighted by molar-refractivity contribution is 5.82. The largest absolute Gasteiger partial charge is 0.494 e. The number of nitrogen functional groups attached to an aromatic ring is 1. The molecule has 1 amide bonds. The molecule has 0 fully saturated rings. The second kappa shape index (κ2) is 6.09. The lowest BCUT2D eigenvalue weighted by Crippen LogP contribution is -2.34. The number of methoxy groups -OCH3 is 1. The van der Waals surface area contributed by atoms with Crippen LogP contribution in [0.25, 0.3) is 0 Å². The number of carbonyl (C=O) groups excluding carboxylic acids is 1. The van der Waals surface area contributed by atoms with Crippen molar-refractivity contribution >= 4 is 17.3 Å². The molecular formula is C12H18FN3O2. The third kappa shape index (κ3) is 3.80. The van der Waals surface area contributed by atoms with Gasteiger partial charge in [0.1, 0.15) is 0 Å². The highest BCUT2D eigenvalue weighted by Crippen LogP contribution is 2.27. The van der Waals surface area contributed by atoms with E-state index in [0.717, 1.165) is 6.07 Å². The van der Waals surface area contributed by atoms with E-state index < -0.39 is 5.82 Å². The molecule has 0 aliphatic rings.